The number of sulfone groups is 1. The molecule has 0 unspecified atom stereocenters. The largest absolute Gasteiger partial charge is 0.507 e. The summed E-state index contributed by atoms with van der Waals surface area (Å²) in [6.07, 6.45) is 2.64. The number of hydrogen-bond acceptors (Lipinski definition) is 7. The van der Waals surface area contributed by atoms with Crippen molar-refractivity contribution in [2.24, 2.45) is 0 Å². The Labute approximate surface area is 187 Å². The fraction of sp³-hybridized carbons (Fsp3) is 0.0909. The summed E-state index contributed by atoms with van der Waals surface area (Å²) in [7, 11) is -1.82. The van der Waals surface area contributed by atoms with Gasteiger partial charge in [0.15, 0.2) is 11.4 Å². The number of rotatable bonds is 4. The molecular formula is C22H17FN4O5S. The Bertz CT molecular complexity index is 1510. The molecule has 2 aromatic heterocycles. The monoisotopic (exact) mass is 468 g/mol. The van der Waals surface area contributed by atoms with E-state index in [0.29, 0.717) is 16.9 Å². The first-order valence-corrected chi connectivity index (χ1v) is 11.0. The molecular weight excluding hydrogens is 451 g/mol. The lowest BCUT2D eigenvalue weighted by Gasteiger charge is -2.12. The number of carbonyl (C=O) groups is 2. The Morgan fingerprint density at radius 1 is 1.06 bits per heavy atom. The standard InChI is InChI=1S/C22H17FN4O5S/c1-26(2)22(30)33(31,32)16-7-8-19(28)17(9-16)21(29)14-11-24-20-10-18(25-27(20)12-14)13-3-5-15(23)6-4-13/h3-12,28H,1-2H3. The third kappa shape index (κ3) is 4.05. The van der Waals surface area contributed by atoms with Gasteiger partial charge in [-0.15, -0.1) is 0 Å². The zero-order chi connectivity index (χ0) is 23.9. The average molecular weight is 468 g/mol. The number of fused-ring (bicyclic) bond motifs is 1. The molecule has 4 rings (SSSR count). The van der Waals surface area contributed by atoms with Crippen LogP contribution in [0.15, 0.2) is 65.8 Å². The molecule has 1 amide bonds. The zero-order valence-electron chi connectivity index (χ0n) is 17.4. The van der Waals surface area contributed by atoms with E-state index in [0.717, 1.165) is 23.1 Å². The van der Waals surface area contributed by atoms with Gasteiger partial charge in [-0.05, 0) is 42.5 Å². The van der Waals surface area contributed by atoms with Gasteiger partial charge in [0.05, 0.1) is 21.7 Å². The molecule has 0 saturated heterocycles. The van der Waals surface area contributed by atoms with Crippen LogP contribution in [0.25, 0.3) is 16.9 Å². The summed E-state index contributed by atoms with van der Waals surface area (Å²) in [5.41, 5.74) is 1.29. The maximum absolute atomic E-state index is 13.2. The number of carbonyl (C=O) groups excluding carboxylic acids is 2. The quantitative estimate of drug-likeness (QED) is 0.457. The molecule has 0 aliphatic carbocycles. The van der Waals surface area contributed by atoms with Crippen molar-refractivity contribution in [1.82, 2.24) is 19.5 Å². The summed E-state index contributed by atoms with van der Waals surface area (Å²) in [5, 5.41) is 13.4. The number of amides is 1. The lowest BCUT2D eigenvalue weighted by Crippen LogP contribution is -2.28. The van der Waals surface area contributed by atoms with Crippen LogP contribution < -0.4 is 0 Å². The van der Waals surface area contributed by atoms with Gasteiger partial charge in [0.2, 0.25) is 0 Å². The molecule has 33 heavy (non-hydrogen) atoms. The molecule has 2 heterocycles. The topological polar surface area (TPSA) is 122 Å². The number of ketones is 1. The maximum Gasteiger partial charge on any atom is 0.343 e. The number of halogens is 1. The van der Waals surface area contributed by atoms with Crippen LogP contribution in [0.1, 0.15) is 15.9 Å². The van der Waals surface area contributed by atoms with Gasteiger partial charge in [0.25, 0.3) is 9.84 Å². The Morgan fingerprint density at radius 2 is 1.76 bits per heavy atom. The first-order valence-electron chi connectivity index (χ1n) is 9.53. The molecule has 0 spiro atoms. The second-order valence-corrected chi connectivity index (χ2v) is 9.18. The van der Waals surface area contributed by atoms with Crippen molar-refractivity contribution in [3.05, 3.63) is 77.9 Å². The van der Waals surface area contributed by atoms with Gasteiger partial charge < -0.3 is 10.0 Å². The van der Waals surface area contributed by atoms with Gasteiger partial charge in [-0.3, -0.25) is 9.59 Å². The Kier molecular flexibility index (Phi) is 5.42. The second kappa shape index (κ2) is 8.10. The summed E-state index contributed by atoms with van der Waals surface area (Å²) in [6, 6.07) is 10.4. The molecule has 9 nitrogen and oxygen atoms in total. The molecule has 168 valence electrons. The summed E-state index contributed by atoms with van der Waals surface area (Å²) in [5.74, 6) is -1.55. The highest BCUT2D eigenvalue weighted by atomic mass is 32.2. The first-order chi connectivity index (χ1) is 15.6. The van der Waals surface area contributed by atoms with E-state index >= 15 is 0 Å². The van der Waals surface area contributed by atoms with Crippen molar-refractivity contribution in [1.29, 1.82) is 0 Å². The SMILES string of the molecule is CN(C)C(=O)S(=O)(=O)c1ccc(O)c(C(=O)c2cnc3cc(-c4ccc(F)cc4)nn3c2)c1. The minimum Gasteiger partial charge on any atom is -0.507 e. The Hall–Kier alpha value is -4.12. The number of benzene rings is 2. The van der Waals surface area contributed by atoms with Gasteiger partial charge in [-0.1, -0.05) is 0 Å². The molecule has 0 radical (unpaired) electrons. The number of nitrogens with zero attached hydrogens (tertiary/aromatic N) is 4. The Morgan fingerprint density at radius 3 is 2.42 bits per heavy atom. The van der Waals surface area contributed by atoms with Crippen LogP contribution in [0, 0.1) is 5.82 Å². The molecule has 0 fully saturated rings. The molecule has 2 aromatic carbocycles. The number of aromatic hydroxyl groups is 1. The second-order valence-electron chi connectivity index (χ2n) is 7.35. The van der Waals surface area contributed by atoms with Gasteiger partial charge in [-0.2, -0.15) is 5.10 Å². The van der Waals surface area contributed by atoms with Crippen LogP contribution in [0.5, 0.6) is 5.75 Å². The highest BCUT2D eigenvalue weighted by Crippen LogP contribution is 2.26. The van der Waals surface area contributed by atoms with Crippen LogP contribution in [-0.4, -0.2) is 58.1 Å². The van der Waals surface area contributed by atoms with Gasteiger partial charge in [-0.25, -0.2) is 22.3 Å². The predicted octanol–water partition coefficient (Wildman–Crippen LogP) is 2.93. The fourth-order valence-corrected chi connectivity index (χ4v) is 4.32. The van der Waals surface area contributed by atoms with Crippen molar-refractivity contribution in [2.75, 3.05) is 14.1 Å². The molecule has 0 atom stereocenters. The van der Waals surface area contributed by atoms with Crippen molar-refractivity contribution in [2.45, 2.75) is 4.90 Å². The summed E-state index contributed by atoms with van der Waals surface area (Å²) in [6.45, 7) is 0. The maximum atomic E-state index is 13.2. The van der Waals surface area contributed by atoms with E-state index in [2.05, 4.69) is 10.1 Å². The number of aromatic nitrogens is 3. The fourth-order valence-electron chi connectivity index (χ4n) is 3.12. The van der Waals surface area contributed by atoms with Crippen LogP contribution in [0.4, 0.5) is 9.18 Å². The number of phenolic OH excluding ortho intramolecular Hbond substituents is 1. The summed E-state index contributed by atoms with van der Waals surface area (Å²) < 4.78 is 39.5. The van der Waals surface area contributed by atoms with Crippen LogP contribution in [-0.2, 0) is 9.84 Å². The van der Waals surface area contributed by atoms with Crippen molar-refractivity contribution in [3.63, 3.8) is 0 Å². The minimum absolute atomic E-state index is 0.0278. The lowest BCUT2D eigenvalue weighted by atomic mass is 10.1. The van der Waals surface area contributed by atoms with E-state index in [-0.39, 0.29) is 16.9 Å². The van der Waals surface area contributed by atoms with Crippen molar-refractivity contribution < 1.29 is 27.5 Å². The summed E-state index contributed by atoms with van der Waals surface area (Å²) >= 11 is 0. The molecule has 4 aromatic rings. The van der Waals surface area contributed by atoms with Crippen LogP contribution >= 0.6 is 0 Å². The van der Waals surface area contributed by atoms with Crippen LogP contribution in [0.3, 0.4) is 0 Å². The average Bonchev–Trinajstić information content (AvgIpc) is 3.22. The van der Waals surface area contributed by atoms with E-state index < -0.39 is 31.5 Å². The van der Waals surface area contributed by atoms with E-state index in [4.69, 9.17) is 0 Å². The lowest BCUT2D eigenvalue weighted by molar-refractivity contribution is 0.103. The Balaban J connectivity index is 1.72. The van der Waals surface area contributed by atoms with E-state index in [9.17, 15) is 27.5 Å². The third-order valence-electron chi connectivity index (χ3n) is 4.83. The van der Waals surface area contributed by atoms with E-state index in [1.165, 1.54) is 43.1 Å². The molecule has 0 aliphatic rings. The van der Waals surface area contributed by atoms with Crippen molar-refractivity contribution >= 4 is 26.5 Å². The number of hydrogen-bond donors (Lipinski definition) is 1. The van der Waals surface area contributed by atoms with Crippen molar-refractivity contribution in [3.8, 4) is 17.0 Å². The van der Waals surface area contributed by atoms with E-state index in [1.54, 1.807) is 18.2 Å². The first kappa shape index (κ1) is 22.1. The van der Waals surface area contributed by atoms with E-state index in [1.807, 2.05) is 0 Å². The molecule has 11 heteroatoms. The number of phenols is 1. The highest BCUT2D eigenvalue weighted by Gasteiger charge is 2.28. The third-order valence-corrected chi connectivity index (χ3v) is 6.53. The highest BCUT2D eigenvalue weighted by molar-refractivity contribution is 8.06. The smallest absolute Gasteiger partial charge is 0.343 e. The minimum atomic E-state index is -4.39. The van der Waals surface area contributed by atoms with Crippen LogP contribution in [0.2, 0.25) is 0 Å². The molecule has 1 N–H and O–H groups in total. The molecule has 0 saturated carbocycles. The zero-order valence-corrected chi connectivity index (χ0v) is 18.2. The molecule has 0 bridgehead atoms. The normalized spacial score (nSPS) is 11.5. The molecule has 0 aliphatic heterocycles. The van der Waals surface area contributed by atoms with Gasteiger partial charge >= 0.3 is 5.24 Å². The van der Waals surface area contributed by atoms with Gasteiger partial charge in [0.1, 0.15) is 11.6 Å². The summed E-state index contributed by atoms with van der Waals surface area (Å²) in [4.78, 5) is 29.7. The van der Waals surface area contributed by atoms with Gasteiger partial charge in [0, 0.05) is 38.1 Å². The predicted molar refractivity (Wildman–Crippen MR) is 116 cm³/mol.